The fourth-order valence-corrected chi connectivity index (χ4v) is 1.49. The Kier molecular flexibility index (Phi) is 5.40. The van der Waals surface area contributed by atoms with E-state index in [2.05, 4.69) is 19.3 Å². The number of nitrogens with one attached hydrogen (secondary N) is 1. The number of rotatable bonds is 5. The van der Waals surface area contributed by atoms with E-state index in [9.17, 15) is 0 Å². The summed E-state index contributed by atoms with van der Waals surface area (Å²) in [6, 6.07) is 5.42. The Morgan fingerprint density at radius 3 is 2.67 bits per heavy atom. The highest BCUT2D eigenvalue weighted by atomic mass is 35.5. The van der Waals surface area contributed by atoms with Gasteiger partial charge < -0.3 is 4.84 Å². The summed E-state index contributed by atoms with van der Waals surface area (Å²) in [5.41, 5.74) is 3.84. The van der Waals surface area contributed by atoms with Crippen molar-refractivity contribution in [2.45, 2.75) is 20.4 Å². The van der Waals surface area contributed by atoms with Crippen LogP contribution in [0.4, 0.5) is 0 Å². The summed E-state index contributed by atoms with van der Waals surface area (Å²) in [7, 11) is 0. The van der Waals surface area contributed by atoms with Gasteiger partial charge in [0.1, 0.15) is 0 Å². The smallest absolute Gasteiger partial charge is 0.0705 e. The fraction of sp³-hybridized carbons (Fsp3) is 0.455. The van der Waals surface area contributed by atoms with E-state index in [1.165, 1.54) is 0 Å². The summed E-state index contributed by atoms with van der Waals surface area (Å²) in [5.74, 6) is 0.512. The average molecular weight is 248 g/mol. The molecule has 84 valence electrons. The van der Waals surface area contributed by atoms with Crippen LogP contribution in [-0.4, -0.2) is 6.61 Å². The van der Waals surface area contributed by atoms with Crippen LogP contribution in [0.15, 0.2) is 18.2 Å². The highest BCUT2D eigenvalue weighted by Crippen LogP contribution is 2.20. The van der Waals surface area contributed by atoms with Gasteiger partial charge in [-0.15, -0.1) is 0 Å². The Hall–Kier alpha value is -0.280. The highest BCUT2D eigenvalue weighted by Gasteiger charge is 2.01. The SMILES string of the molecule is CC(C)CONCc1ccc(Cl)cc1Cl. The quantitative estimate of drug-likeness (QED) is 0.634. The molecule has 0 aliphatic heterocycles. The lowest BCUT2D eigenvalue weighted by Gasteiger charge is -2.09. The van der Waals surface area contributed by atoms with E-state index in [0.717, 1.165) is 5.56 Å². The molecule has 0 unspecified atom stereocenters. The van der Waals surface area contributed by atoms with Crippen molar-refractivity contribution in [1.82, 2.24) is 5.48 Å². The van der Waals surface area contributed by atoms with E-state index in [1.54, 1.807) is 6.07 Å². The van der Waals surface area contributed by atoms with Crippen molar-refractivity contribution in [1.29, 1.82) is 0 Å². The van der Waals surface area contributed by atoms with Crippen LogP contribution in [0.2, 0.25) is 10.0 Å². The highest BCUT2D eigenvalue weighted by molar-refractivity contribution is 6.35. The lowest BCUT2D eigenvalue weighted by Crippen LogP contribution is -2.17. The molecule has 15 heavy (non-hydrogen) atoms. The first-order valence-corrected chi connectivity index (χ1v) is 5.63. The van der Waals surface area contributed by atoms with Crippen molar-refractivity contribution in [3.05, 3.63) is 33.8 Å². The van der Waals surface area contributed by atoms with Gasteiger partial charge in [-0.25, -0.2) is 0 Å². The van der Waals surface area contributed by atoms with E-state index in [4.69, 9.17) is 28.0 Å². The van der Waals surface area contributed by atoms with Crippen molar-refractivity contribution in [3.8, 4) is 0 Å². The summed E-state index contributed by atoms with van der Waals surface area (Å²) in [4.78, 5) is 5.24. The molecule has 1 rings (SSSR count). The molecule has 0 fully saturated rings. The second-order valence-electron chi connectivity index (χ2n) is 3.76. The fourth-order valence-electron chi connectivity index (χ4n) is 1.02. The maximum absolute atomic E-state index is 5.99. The monoisotopic (exact) mass is 247 g/mol. The Bertz CT molecular complexity index is 315. The summed E-state index contributed by atoms with van der Waals surface area (Å²) >= 11 is 11.8. The van der Waals surface area contributed by atoms with Crippen LogP contribution in [0.5, 0.6) is 0 Å². The number of hydroxylamine groups is 1. The molecule has 0 spiro atoms. The molecule has 0 radical (unpaired) electrons. The molecule has 0 heterocycles. The zero-order valence-electron chi connectivity index (χ0n) is 8.89. The predicted octanol–water partition coefficient (Wildman–Crippen LogP) is 3.67. The van der Waals surface area contributed by atoms with E-state index in [0.29, 0.717) is 29.1 Å². The molecule has 0 aromatic heterocycles. The molecule has 0 atom stereocenters. The van der Waals surface area contributed by atoms with Crippen LogP contribution in [0.3, 0.4) is 0 Å². The zero-order valence-corrected chi connectivity index (χ0v) is 10.4. The second kappa shape index (κ2) is 6.33. The normalized spacial score (nSPS) is 11.0. The molecule has 1 N–H and O–H groups in total. The van der Waals surface area contributed by atoms with Crippen molar-refractivity contribution >= 4 is 23.2 Å². The molecular formula is C11H15Cl2NO. The van der Waals surface area contributed by atoms with E-state index in [1.807, 2.05) is 12.1 Å². The van der Waals surface area contributed by atoms with Crippen molar-refractivity contribution < 1.29 is 4.84 Å². The van der Waals surface area contributed by atoms with Gasteiger partial charge in [0.25, 0.3) is 0 Å². The predicted molar refractivity (Wildman–Crippen MR) is 64.1 cm³/mol. The molecule has 0 bridgehead atoms. The Morgan fingerprint density at radius 2 is 2.07 bits per heavy atom. The third-order valence-corrected chi connectivity index (χ3v) is 2.38. The van der Waals surface area contributed by atoms with Gasteiger partial charge >= 0.3 is 0 Å². The standard InChI is InChI=1S/C11H15Cl2NO/c1-8(2)7-15-14-6-9-3-4-10(12)5-11(9)13/h3-5,8,14H,6-7H2,1-2H3. The first-order valence-electron chi connectivity index (χ1n) is 4.88. The minimum Gasteiger partial charge on any atom is -0.301 e. The molecule has 0 saturated heterocycles. The first kappa shape index (κ1) is 12.8. The molecule has 0 saturated carbocycles. The van der Waals surface area contributed by atoms with Crippen LogP contribution < -0.4 is 5.48 Å². The minimum atomic E-state index is 0.512. The van der Waals surface area contributed by atoms with Gasteiger partial charge in [-0.3, -0.25) is 0 Å². The van der Waals surface area contributed by atoms with Crippen LogP contribution in [0.25, 0.3) is 0 Å². The molecule has 1 aromatic rings. The zero-order chi connectivity index (χ0) is 11.3. The summed E-state index contributed by atoms with van der Waals surface area (Å²) in [6.07, 6.45) is 0. The van der Waals surface area contributed by atoms with Gasteiger partial charge in [0.2, 0.25) is 0 Å². The Labute approximate surface area is 100 Å². The summed E-state index contributed by atoms with van der Waals surface area (Å²) < 4.78 is 0. The molecule has 1 aromatic carbocycles. The summed E-state index contributed by atoms with van der Waals surface area (Å²) in [5, 5.41) is 1.30. The number of hydrogen-bond acceptors (Lipinski definition) is 2. The van der Waals surface area contributed by atoms with Crippen LogP contribution in [0, 0.1) is 5.92 Å². The van der Waals surface area contributed by atoms with Crippen LogP contribution in [-0.2, 0) is 11.4 Å². The van der Waals surface area contributed by atoms with E-state index < -0.39 is 0 Å². The van der Waals surface area contributed by atoms with Crippen molar-refractivity contribution in [3.63, 3.8) is 0 Å². The van der Waals surface area contributed by atoms with Crippen molar-refractivity contribution in [2.24, 2.45) is 5.92 Å². The third-order valence-electron chi connectivity index (χ3n) is 1.80. The maximum Gasteiger partial charge on any atom is 0.0705 e. The van der Waals surface area contributed by atoms with Gasteiger partial charge in [-0.1, -0.05) is 43.1 Å². The van der Waals surface area contributed by atoms with E-state index >= 15 is 0 Å². The van der Waals surface area contributed by atoms with Gasteiger partial charge in [0, 0.05) is 16.6 Å². The molecule has 0 aliphatic carbocycles. The molecule has 0 aliphatic rings. The first-order chi connectivity index (χ1) is 7.09. The van der Waals surface area contributed by atoms with Gasteiger partial charge in [-0.05, 0) is 23.6 Å². The Balaban J connectivity index is 2.37. The van der Waals surface area contributed by atoms with Crippen LogP contribution >= 0.6 is 23.2 Å². The number of hydrogen-bond donors (Lipinski definition) is 1. The van der Waals surface area contributed by atoms with Gasteiger partial charge in [0.15, 0.2) is 0 Å². The van der Waals surface area contributed by atoms with E-state index in [-0.39, 0.29) is 0 Å². The Morgan fingerprint density at radius 1 is 1.33 bits per heavy atom. The van der Waals surface area contributed by atoms with Gasteiger partial charge in [0.05, 0.1) is 6.61 Å². The van der Waals surface area contributed by atoms with Crippen LogP contribution in [0.1, 0.15) is 19.4 Å². The molecule has 0 amide bonds. The maximum atomic E-state index is 5.99. The number of halogens is 2. The average Bonchev–Trinajstić information content (AvgIpc) is 2.14. The number of benzene rings is 1. The second-order valence-corrected chi connectivity index (χ2v) is 4.61. The van der Waals surface area contributed by atoms with Gasteiger partial charge in [-0.2, -0.15) is 5.48 Å². The minimum absolute atomic E-state index is 0.512. The molecule has 4 heteroatoms. The van der Waals surface area contributed by atoms with Crippen molar-refractivity contribution in [2.75, 3.05) is 6.61 Å². The topological polar surface area (TPSA) is 21.3 Å². The molecular weight excluding hydrogens is 233 g/mol. The lowest BCUT2D eigenvalue weighted by atomic mass is 10.2. The lowest BCUT2D eigenvalue weighted by molar-refractivity contribution is 0.0196. The summed E-state index contributed by atoms with van der Waals surface area (Å²) in [6.45, 7) is 5.46. The third kappa shape index (κ3) is 4.85. The largest absolute Gasteiger partial charge is 0.301 e. The molecule has 2 nitrogen and oxygen atoms in total.